The number of azo groups is 2. The largest absolute Gasteiger partial charge is 2.00 e. The molecule has 0 saturated heterocycles. The second-order valence-corrected chi connectivity index (χ2v) is 19.8. The van der Waals surface area contributed by atoms with Crippen LogP contribution in [-0.4, -0.2) is 93.8 Å². The van der Waals surface area contributed by atoms with E-state index in [9.17, 15) is 46.1 Å². The summed E-state index contributed by atoms with van der Waals surface area (Å²) in [6.07, 6.45) is 0.496. The van der Waals surface area contributed by atoms with Crippen LogP contribution in [-0.2, 0) is 33.1 Å². The van der Waals surface area contributed by atoms with Gasteiger partial charge in [-0.1, -0.05) is 103 Å². The molecular weight excluding hydrogens is 1100 g/mol. The van der Waals surface area contributed by atoms with Crippen LogP contribution >= 0.6 is 23.2 Å². The molecule has 0 atom stereocenters. The molecule has 0 spiro atoms. The van der Waals surface area contributed by atoms with Gasteiger partial charge in [0.1, 0.15) is 27.0 Å². The number of anilines is 1. The molecule has 0 saturated carbocycles. The Kier molecular flexibility index (Phi) is 20.2. The minimum Gasteiger partial charge on any atom is -0.871 e. The molecular formula is C54H46CaCl2N6O12S2. The quantitative estimate of drug-likeness (QED) is 0.0231. The SMILES string of the molecule is CCOc1cccc(N=C([O-])c2cc3ccccc3c(N=Nc3cc(Cl)c(S(=O)(=O)O)c(CC)c3)c2[O-])c1.CCOc1cccc(NC(=O)c2cc3ccccc3c(N=Nc3cc(Cl)c(S(=O)(=O)O)c(CC)c3)c2O)c1.[Ca+2]. The van der Waals surface area contributed by atoms with Gasteiger partial charge in [0.05, 0.1) is 51.6 Å². The fourth-order valence-corrected chi connectivity index (χ4v) is 10.6. The van der Waals surface area contributed by atoms with Crippen LogP contribution in [0.3, 0.4) is 0 Å². The molecule has 0 unspecified atom stereocenters. The second-order valence-electron chi connectivity index (χ2n) is 16.3. The normalized spacial score (nSPS) is 11.9. The number of phenolic OH excluding ortho intramolecular Hbond substituents is 1. The van der Waals surface area contributed by atoms with E-state index in [-0.39, 0.29) is 116 Å². The van der Waals surface area contributed by atoms with Crippen molar-refractivity contribution in [3.8, 4) is 23.0 Å². The summed E-state index contributed by atoms with van der Waals surface area (Å²) in [6, 6.07) is 35.8. The molecule has 0 aliphatic carbocycles. The number of amides is 1. The Morgan fingerprint density at radius 1 is 0.597 bits per heavy atom. The van der Waals surface area contributed by atoms with E-state index in [0.29, 0.717) is 57.6 Å². The van der Waals surface area contributed by atoms with Crippen molar-refractivity contribution < 1.29 is 55.5 Å². The summed E-state index contributed by atoms with van der Waals surface area (Å²) >= 11 is 12.2. The first-order valence-electron chi connectivity index (χ1n) is 23.2. The van der Waals surface area contributed by atoms with Gasteiger partial charge in [-0.05, 0) is 121 Å². The number of aliphatic imine (C=N–C) groups is 1. The Bertz CT molecular complexity index is 3860. The molecule has 23 heteroatoms. The zero-order valence-corrected chi connectivity index (χ0v) is 46.9. The molecule has 0 heterocycles. The molecule has 18 nitrogen and oxygen atoms in total. The third kappa shape index (κ3) is 14.5. The van der Waals surface area contributed by atoms with Crippen LogP contribution in [0.4, 0.5) is 34.1 Å². The topological polar surface area (TPSA) is 284 Å². The Hall–Kier alpha value is -6.72. The summed E-state index contributed by atoms with van der Waals surface area (Å²) in [5.41, 5.74) is 1.42. The molecule has 0 fully saturated rings. The van der Waals surface area contributed by atoms with Crippen LogP contribution in [0.15, 0.2) is 169 Å². The zero-order chi connectivity index (χ0) is 54.9. The molecule has 0 aliphatic rings. The van der Waals surface area contributed by atoms with E-state index in [1.165, 1.54) is 30.3 Å². The van der Waals surface area contributed by atoms with Crippen LogP contribution in [0.2, 0.25) is 10.0 Å². The minimum atomic E-state index is -4.55. The number of carbonyl (C=O) groups is 1. The van der Waals surface area contributed by atoms with Crippen molar-refractivity contribution in [3.05, 3.63) is 166 Å². The molecule has 0 aliphatic heterocycles. The molecule has 8 aromatic carbocycles. The van der Waals surface area contributed by atoms with Crippen molar-refractivity contribution in [2.45, 2.75) is 50.3 Å². The molecule has 0 aromatic heterocycles. The van der Waals surface area contributed by atoms with Crippen LogP contribution in [0.25, 0.3) is 21.5 Å². The summed E-state index contributed by atoms with van der Waals surface area (Å²) in [5.74, 6) is -1.23. The van der Waals surface area contributed by atoms with Gasteiger partial charge >= 0.3 is 37.7 Å². The zero-order valence-electron chi connectivity index (χ0n) is 41.6. The predicted molar refractivity (Wildman–Crippen MR) is 294 cm³/mol. The molecule has 0 radical (unpaired) electrons. The maximum Gasteiger partial charge on any atom is 2.00 e. The maximum atomic E-state index is 13.4. The number of aryl methyl sites for hydroxylation is 2. The van der Waals surface area contributed by atoms with Gasteiger partial charge in [0, 0.05) is 28.6 Å². The minimum absolute atomic E-state index is 0. The average Bonchev–Trinajstić information content (AvgIpc) is 3.39. The Morgan fingerprint density at radius 2 is 1.08 bits per heavy atom. The van der Waals surface area contributed by atoms with E-state index in [4.69, 9.17) is 32.7 Å². The van der Waals surface area contributed by atoms with Crippen molar-refractivity contribution in [1.29, 1.82) is 0 Å². The summed E-state index contributed by atoms with van der Waals surface area (Å²) in [5, 5.41) is 58.7. The van der Waals surface area contributed by atoms with Crippen LogP contribution < -0.4 is 25.0 Å². The van der Waals surface area contributed by atoms with Crippen molar-refractivity contribution in [2.75, 3.05) is 18.5 Å². The molecule has 8 rings (SSSR count). The van der Waals surface area contributed by atoms with E-state index >= 15 is 0 Å². The van der Waals surface area contributed by atoms with Gasteiger partial charge in [0.2, 0.25) is 0 Å². The Balaban J connectivity index is 0.000000246. The number of benzene rings is 8. The number of rotatable bonds is 16. The number of hydrogen-bond donors (Lipinski definition) is 4. The summed E-state index contributed by atoms with van der Waals surface area (Å²) < 4.78 is 76.9. The second kappa shape index (κ2) is 26.1. The standard InChI is InChI=1S/2C27H24ClN3O6S.Ca/c2*1-3-16-12-19(15-23(28)26(16)38(34,35)36)30-31-24-21-11-6-5-8-17(21)13-22(25(24)32)27(33)29-18-9-7-10-20(14-18)37-4-2;/h2*5-15,32H,3-4H2,1-2H3,(H,29,33)(H,34,35,36);/q;;+2/p-2. The number of halogens is 2. The first kappa shape index (κ1) is 59.5. The Morgan fingerprint density at radius 3 is 1.60 bits per heavy atom. The molecule has 4 N–H and O–H groups in total. The summed E-state index contributed by atoms with van der Waals surface area (Å²) in [7, 11) is -9.09. The van der Waals surface area contributed by atoms with E-state index in [0.717, 1.165) is 0 Å². The van der Waals surface area contributed by atoms with Gasteiger partial charge in [-0.3, -0.25) is 18.9 Å². The Labute approximate surface area is 483 Å². The fraction of sp³-hybridized carbons (Fsp3) is 0.148. The van der Waals surface area contributed by atoms with Gasteiger partial charge in [0.25, 0.3) is 26.1 Å². The third-order valence-electron chi connectivity index (χ3n) is 11.2. The van der Waals surface area contributed by atoms with Crippen LogP contribution in [0.1, 0.15) is 54.7 Å². The van der Waals surface area contributed by atoms with E-state index in [1.54, 1.807) is 117 Å². The average molecular weight is 1150 g/mol. The number of phenols is 1. The number of nitrogens with zero attached hydrogens (tertiary/aromatic N) is 5. The van der Waals surface area contributed by atoms with E-state index in [2.05, 4.69) is 30.8 Å². The number of fused-ring (bicyclic) bond motifs is 2. The monoisotopic (exact) mass is 1140 g/mol. The number of ether oxygens (including phenoxy) is 2. The summed E-state index contributed by atoms with van der Waals surface area (Å²) in [4.78, 5) is 16.4. The number of hydrogen-bond acceptors (Lipinski definition) is 15. The summed E-state index contributed by atoms with van der Waals surface area (Å²) in [6.45, 7) is 8.00. The van der Waals surface area contributed by atoms with Crippen molar-refractivity contribution in [3.63, 3.8) is 0 Å². The number of carbonyl (C=O) groups excluding carboxylic acids is 1. The molecule has 8 aromatic rings. The smallest absolute Gasteiger partial charge is 0.871 e. The fourth-order valence-electron chi connectivity index (χ4n) is 7.88. The van der Waals surface area contributed by atoms with Gasteiger partial charge in [-0.15, -0.1) is 5.11 Å². The molecule has 77 heavy (non-hydrogen) atoms. The number of aromatic hydroxyl groups is 1. The van der Waals surface area contributed by atoms with Gasteiger partial charge in [0.15, 0.2) is 5.75 Å². The van der Waals surface area contributed by atoms with Crippen LogP contribution in [0, 0.1) is 0 Å². The number of nitrogens with one attached hydrogen (secondary N) is 1. The van der Waals surface area contributed by atoms with Crippen molar-refractivity contribution in [2.24, 2.45) is 25.4 Å². The molecule has 0 bridgehead atoms. The van der Waals surface area contributed by atoms with Gasteiger partial charge < -0.3 is 30.1 Å². The first-order chi connectivity index (χ1) is 36.2. The predicted octanol–water partition coefficient (Wildman–Crippen LogP) is 12.3. The van der Waals surface area contributed by atoms with Gasteiger partial charge in [-0.2, -0.15) is 32.2 Å². The first-order valence-corrected chi connectivity index (χ1v) is 26.8. The van der Waals surface area contributed by atoms with Crippen LogP contribution in [0.5, 0.6) is 23.0 Å². The van der Waals surface area contributed by atoms with E-state index in [1.807, 2.05) is 13.8 Å². The van der Waals surface area contributed by atoms with Gasteiger partial charge in [-0.25, -0.2) is 0 Å². The molecule has 1 amide bonds. The maximum absolute atomic E-state index is 13.4. The van der Waals surface area contributed by atoms with E-state index < -0.39 is 42.7 Å². The van der Waals surface area contributed by atoms with Crippen molar-refractivity contribution >= 4 is 149 Å². The van der Waals surface area contributed by atoms with Crippen molar-refractivity contribution in [1.82, 2.24) is 0 Å². The molecule has 392 valence electrons. The third-order valence-corrected chi connectivity index (χ3v) is 14.0.